The number of aliphatic hydroxyl groups is 1. The fraction of sp³-hybridized carbons (Fsp3) is 0.538. The third-order valence-corrected chi connectivity index (χ3v) is 3.22. The first-order valence-corrected chi connectivity index (χ1v) is 5.91. The fourth-order valence-electron chi connectivity index (χ4n) is 2.24. The molecule has 3 nitrogen and oxygen atoms in total. The van der Waals surface area contributed by atoms with Gasteiger partial charge in [0.25, 0.3) is 0 Å². The van der Waals surface area contributed by atoms with Gasteiger partial charge >= 0.3 is 0 Å². The predicted octanol–water partition coefficient (Wildman–Crippen LogP) is 2.42. The second-order valence-electron chi connectivity index (χ2n) is 4.62. The minimum Gasteiger partial charge on any atom is -0.506 e. The predicted molar refractivity (Wildman–Crippen MR) is 64.7 cm³/mol. The van der Waals surface area contributed by atoms with Crippen LogP contribution in [0.2, 0.25) is 0 Å². The van der Waals surface area contributed by atoms with Crippen LogP contribution in [0.1, 0.15) is 31.2 Å². The van der Waals surface area contributed by atoms with Gasteiger partial charge in [0.05, 0.1) is 17.8 Å². The Labute approximate surface area is 96.1 Å². The number of anilines is 1. The Kier molecular flexibility index (Phi) is 3.34. The molecule has 88 valence electrons. The number of aromatic hydroxyl groups is 1. The van der Waals surface area contributed by atoms with Gasteiger partial charge in [-0.1, -0.05) is 18.9 Å². The molecule has 1 saturated carbocycles. The van der Waals surface area contributed by atoms with Crippen molar-refractivity contribution in [2.24, 2.45) is 0 Å². The minimum atomic E-state index is -0.298. The molecule has 1 aliphatic carbocycles. The molecule has 0 bridgehead atoms. The Morgan fingerprint density at radius 1 is 1.25 bits per heavy atom. The van der Waals surface area contributed by atoms with E-state index in [1.165, 1.54) is 0 Å². The van der Waals surface area contributed by atoms with Gasteiger partial charge in [0.15, 0.2) is 0 Å². The van der Waals surface area contributed by atoms with Crippen LogP contribution in [0, 0.1) is 6.92 Å². The summed E-state index contributed by atoms with van der Waals surface area (Å²) < 4.78 is 0. The van der Waals surface area contributed by atoms with Gasteiger partial charge in [0.2, 0.25) is 0 Å². The summed E-state index contributed by atoms with van der Waals surface area (Å²) in [5.74, 6) is 0.253. The van der Waals surface area contributed by atoms with Crippen molar-refractivity contribution in [3.8, 4) is 5.75 Å². The standard InChI is InChI=1S/C13H19NO2/c1-9-6-7-13(16)11(8-9)14-10-4-2-3-5-12(10)15/h6-8,10,12,14-16H,2-5H2,1H3/t10-,12-/m0/s1. The molecular formula is C13H19NO2. The molecule has 0 unspecified atom stereocenters. The highest BCUT2D eigenvalue weighted by atomic mass is 16.3. The van der Waals surface area contributed by atoms with E-state index in [1.807, 2.05) is 19.1 Å². The van der Waals surface area contributed by atoms with Crippen LogP contribution < -0.4 is 5.32 Å². The molecule has 0 heterocycles. The molecule has 1 aromatic carbocycles. The van der Waals surface area contributed by atoms with Crippen LogP contribution in [-0.2, 0) is 0 Å². The molecule has 2 atom stereocenters. The zero-order chi connectivity index (χ0) is 11.5. The number of nitrogens with one attached hydrogen (secondary N) is 1. The highest BCUT2D eigenvalue weighted by Gasteiger charge is 2.23. The normalized spacial score (nSPS) is 25.4. The zero-order valence-corrected chi connectivity index (χ0v) is 9.61. The molecule has 0 aromatic heterocycles. The van der Waals surface area contributed by atoms with Crippen molar-refractivity contribution in [2.75, 3.05) is 5.32 Å². The van der Waals surface area contributed by atoms with Crippen LogP contribution in [-0.4, -0.2) is 22.4 Å². The third kappa shape index (κ3) is 2.47. The first-order chi connectivity index (χ1) is 7.66. The maximum absolute atomic E-state index is 9.85. The van der Waals surface area contributed by atoms with Gasteiger partial charge in [-0.25, -0.2) is 0 Å². The molecular weight excluding hydrogens is 202 g/mol. The smallest absolute Gasteiger partial charge is 0.138 e. The van der Waals surface area contributed by atoms with E-state index in [1.54, 1.807) is 6.07 Å². The molecule has 16 heavy (non-hydrogen) atoms. The van der Waals surface area contributed by atoms with Crippen LogP contribution in [0.3, 0.4) is 0 Å². The van der Waals surface area contributed by atoms with Crippen LogP contribution >= 0.6 is 0 Å². The van der Waals surface area contributed by atoms with Crippen molar-refractivity contribution < 1.29 is 10.2 Å². The molecule has 0 amide bonds. The Morgan fingerprint density at radius 2 is 2.00 bits per heavy atom. The van der Waals surface area contributed by atoms with Crippen molar-refractivity contribution in [1.82, 2.24) is 0 Å². The Bertz CT molecular complexity index is 365. The summed E-state index contributed by atoms with van der Waals surface area (Å²) in [6.07, 6.45) is 3.76. The van der Waals surface area contributed by atoms with E-state index in [0.717, 1.165) is 36.9 Å². The summed E-state index contributed by atoms with van der Waals surface area (Å²) in [5, 5.41) is 22.8. The fourth-order valence-corrected chi connectivity index (χ4v) is 2.24. The molecule has 2 rings (SSSR count). The van der Waals surface area contributed by atoms with Crippen molar-refractivity contribution >= 4 is 5.69 Å². The van der Waals surface area contributed by atoms with Gasteiger partial charge in [-0.2, -0.15) is 0 Å². The number of phenolic OH excluding ortho intramolecular Hbond substituents is 1. The molecule has 1 aliphatic rings. The highest BCUT2D eigenvalue weighted by molar-refractivity contribution is 5.57. The summed E-state index contributed by atoms with van der Waals surface area (Å²) in [5.41, 5.74) is 1.83. The SMILES string of the molecule is Cc1ccc(O)c(N[C@H]2CCCC[C@@H]2O)c1. The lowest BCUT2D eigenvalue weighted by atomic mass is 9.92. The second-order valence-corrected chi connectivity index (χ2v) is 4.62. The van der Waals surface area contributed by atoms with Crippen LogP contribution in [0.5, 0.6) is 5.75 Å². The maximum Gasteiger partial charge on any atom is 0.138 e. The van der Waals surface area contributed by atoms with Gasteiger partial charge in [0, 0.05) is 0 Å². The number of hydrogen-bond acceptors (Lipinski definition) is 3. The summed E-state index contributed by atoms with van der Waals surface area (Å²) in [6.45, 7) is 1.99. The van der Waals surface area contributed by atoms with Gasteiger partial charge < -0.3 is 15.5 Å². The van der Waals surface area contributed by atoms with Gasteiger partial charge in [0.1, 0.15) is 5.75 Å². The quantitative estimate of drug-likeness (QED) is 0.672. The van der Waals surface area contributed by atoms with E-state index < -0.39 is 0 Å². The van der Waals surface area contributed by atoms with Gasteiger partial charge in [-0.15, -0.1) is 0 Å². The zero-order valence-electron chi connectivity index (χ0n) is 9.61. The maximum atomic E-state index is 9.85. The Morgan fingerprint density at radius 3 is 2.75 bits per heavy atom. The van der Waals surface area contributed by atoms with Crippen molar-refractivity contribution in [3.05, 3.63) is 23.8 Å². The average Bonchev–Trinajstić information content (AvgIpc) is 2.27. The molecule has 0 spiro atoms. The van der Waals surface area contributed by atoms with Crippen molar-refractivity contribution in [3.63, 3.8) is 0 Å². The van der Waals surface area contributed by atoms with E-state index in [0.29, 0.717) is 0 Å². The second kappa shape index (κ2) is 4.74. The minimum absolute atomic E-state index is 0.0708. The molecule has 1 aromatic rings. The van der Waals surface area contributed by atoms with Gasteiger partial charge in [-0.3, -0.25) is 0 Å². The molecule has 0 radical (unpaired) electrons. The van der Waals surface area contributed by atoms with Crippen LogP contribution in [0.15, 0.2) is 18.2 Å². The number of aryl methyl sites for hydroxylation is 1. The average molecular weight is 221 g/mol. The third-order valence-electron chi connectivity index (χ3n) is 3.22. The Balaban J connectivity index is 2.10. The number of phenols is 1. The number of aliphatic hydroxyl groups excluding tert-OH is 1. The molecule has 3 heteroatoms. The first kappa shape index (κ1) is 11.3. The number of rotatable bonds is 2. The van der Waals surface area contributed by atoms with Crippen molar-refractivity contribution in [1.29, 1.82) is 0 Å². The van der Waals surface area contributed by atoms with E-state index in [-0.39, 0.29) is 17.9 Å². The largest absolute Gasteiger partial charge is 0.506 e. The topological polar surface area (TPSA) is 52.5 Å². The summed E-state index contributed by atoms with van der Waals surface area (Å²) in [7, 11) is 0. The lowest BCUT2D eigenvalue weighted by molar-refractivity contribution is 0.116. The molecule has 0 saturated heterocycles. The van der Waals surface area contributed by atoms with Crippen LogP contribution in [0.25, 0.3) is 0 Å². The highest BCUT2D eigenvalue weighted by Crippen LogP contribution is 2.28. The lowest BCUT2D eigenvalue weighted by Crippen LogP contribution is -2.36. The molecule has 1 fully saturated rings. The number of benzene rings is 1. The van der Waals surface area contributed by atoms with Gasteiger partial charge in [-0.05, 0) is 37.5 Å². The van der Waals surface area contributed by atoms with E-state index in [4.69, 9.17) is 0 Å². The summed E-state index contributed by atoms with van der Waals surface area (Å²) in [4.78, 5) is 0. The van der Waals surface area contributed by atoms with Crippen LogP contribution in [0.4, 0.5) is 5.69 Å². The Hall–Kier alpha value is -1.22. The van der Waals surface area contributed by atoms with E-state index in [2.05, 4.69) is 5.32 Å². The van der Waals surface area contributed by atoms with E-state index in [9.17, 15) is 10.2 Å². The van der Waals surface area contributed by atoms with E-state index >= 15 is 0 Å². The first-order valence-electron chi connectivity index (χ1n) is 5.91. The molecule has 3 N–H and O–H groups in total. The number of hydrogen-bond donors (Lipinski definition) is 3. The molecule has 0 aliphatic heterocycles. The summed E-state index contributed by atoms with van der Waals surface area (Å²) >= 11 is 0. The summed E-state index contributed by atoms with van der Waals surface area (Å²) in [6, 6.07) is 5.54. The monoisotopic (exact) mass is 221 g/mol. The lowest BCUT2D eigenvalue weighted by Gasteiger charge is -2.29. The van der Waals surface area contributed by atoms with Crippen molar-refractivity contribution in [2.45, 2.75) is 44.8 Å².